The third-order valence-electron chi connectivity index (χ3n) is 11.1. The Morgan fingerprint density at radius 3 is 1.35 bits per heavy atom. The summed E-state index contributed by atoms with van der Waals surface area (Å²) < 4.78 is 7.15. The first-order chi connectivity index (χ1) is 25.7. The first-order valence-electron chi connectivity index (χ1n) is 17.9. The average Bonchev–Trinajstić information content (AvgIpc) is 3.83. The molecule has 0 spiro atoms. The summed E-state index contributed by atoms with van der Waals surface area (Å²) in [6.45, 7) is 0. The Bertz CT molecular complexity index is 3180. The molecular weight excluding hydrogens is 631 g/mol. The second-order valence-corrected chi connectivity index (χ2v) is 13.8. The van der Waals surface area contributed by atoms with Crippen molar-refractivity contribution in [1.29, 1.82) is 0 Å². The van der Waals surface area contributed by atoms with Crippen molar-refractivity contribution in [3.05, 3.63) is 182 Å². The minimum absolute atomic E-state index is 1.17. The average molecular weight is 664 g/mol. The number of hydrogen-bond acceptors (Lipinski definition) is 0. The van der Waals surface area contributed by atoms with Crippen LogP contribution in [0.25, 0.3) is 99.0 Å². The van der Waals surface area contributed by atoms with Gasteiger partial charge in [0.1, 0.15) is 0 Å². The molecule has 0 aliphatic heterocycles. The van der Waals surface area contributed by atoms with Crippen LogP contribution in [-0.2, 0) is 7.05 Å². The van der Waals surface area contributed by atoms with E-state index in [9.17, 15) is 0 Å². The van der Waals surface area contributed by atoms with Gasteiger partial charge in [0.05, 0.1) is 22.1 Å². The number of aromatic nitrogens is 3. The number of rotatable bonds is 4. The topological polar surface area (TPSA) is 14.8 Å². The lowest BCUT2D eigenvalue weighted by molar-refractivity contribution is 1.01. The van der Waals surface area contributed by atoms with E-state index < -0.39 is 0 Å². The Morgan fingerprint density at radius 1 is 0.308 bits per heavy atom. The molecule has 52 heavy (non-hydrogen) atoms. The van der Waals surface area contributed by atoms with Gasteiger partial charge in [0.15, 0.2) is 0 Å². The molecule has 3 heteroatoms. The number of hydrogen-bond donors (Lipinski definition) is 0. The van der Waals surface area contributed by atoms with E-state index in [-0.39, 0.29) is 0 Å². The zero-order chi connectivity index (χ0) is 34.3. The Balaban J connectivity index is 1.10. The van der Waals surface area contributed by atoms with E-state index in [0.29, 0.717) is 0 Å². The summed E-state index contributed by atoms with van der Waals surface area (Å²) in [7, 11) is 2.20. The maximum atomic E-state index is 2.40. The number of benzene rings is 8. The van der Waals surface area contributed by atoms with Crippen LogP contribution in [0.2, 0.25) is 0 Å². The van der Waals surface area contributed by atoms with Crippen LogP contribution < -0.4 is 0 Å². The zero-order valence-electron chi connectivity index (χ0n) is 28.7. The molecule has 0 atom stereocenters. The molecule has 0 aliphatic rings. The van der Waals surface area contributed by atoms with Gasteiger partial charge in [0.25, 0.3) is 0 Å². The van der Waals surface area contributed by atoms with Gasteiger partial charge in [0, 0.05) is 61.8 Å². The molecule has 0 saturated heterocycles. The van der Waals surface area contributed by atoms with Crippen LogP contribution in [0.4, 0.5) is 0 Å². The number of para-hydroxylation sites is 4. The van der Waals surface area contributed by atoms with E-state index >= 15 is 0 Å². The Hall–Kier alpha value is -6.84. The van der Waals surface area contributed by atoms with Crippen molar-refractivity contribution in [2.24, 2.45) is 7.05 Å². The predicted octanol–water partition coefficient (Wildman–Crippen LogP) is 12.9. The summed E-state index contributed by atoms with van der Waals surface area (Å²) in [5.41, 5.74) is 14.6. The van der Waals surface area contributed by atoms with Gasteiger partial charge in [-0.15, -0.1) is 0 Å². The van der Waals surface area contributed by atoms with Crippen molar-refractivity contribution in [3.63, 3.8) is 0 Å². The van der Waals surface area contributed by atoms with Crippen molar-refractivity contribution in [3.8, 4) is 33.6 Å². The van der Waals surface area contributed by atoms with E-state index in [2.05, 4.69) is 203 Å². The van der Waals surface area contributed by atoms with Crippen molar-refractivity contribution in [2.45, 2.75) is 0 Å². The zero-order valence-corrected chi connectivity index (χ0v) is 28.7. The lowest BCUT2D eigenvalue weighted by Crippen LogP contribution is -1.93. The summed E-state index contributed by atoms with van der Waals surface area (Å²) in [6, 6.07) is 66.5. The van der Waals surface area contributed by atoms with Gasteiger partial charge in [0.2, 0.25) is 0 Å². The first-order valence-corrected chi connectivity index (χ1v) is 17.9. The Labute approximate surface area is 300 Å². The van der Waals surface area contributed by atoms with Gasteiger partial charge in [-0.2, -0.15) is 0 Å². The van der Waals surface area contributed by atoms with Gasteiger partial charge < -0.3 is 13.7 Å². The molecule has 244 valence electrons. The molecular formula is C49H33N3. The largest absolute Gasteiger partial charge is 0.344 e. The van der Waals surface area contributed by atoms with Crippen LogP contribution in [0.1, 0.15) is 0 Å². The molecule has 0 N–H and O–H groups in total. The fourth-order valence-corrected chi connectivity index (χ4v) is 8.67. The van der Waals surface area contributed by atoms with E-state index in [1.165, 1.54) is 99.0 Å². The number of fused-ring (bicyclic) bond motifs is 9. The van der Waals surface area contributed by atoms with Crippen LogP contribution in [0.5, 0.6) is 0 Å². The van der Waals surface area contributed by atoms with Crippen LogP contribution in [-0.4, -0.2) is 13.7 Å². The molecule has 0 aliphatic carbocycles. The standard InChI is InChI=1S/C49H33N3/c1-50-45-22-12-19-37(34-25-27-41-39-18-9-11-21-44(39)52(48(41)31-34)36-15-6-3-7-16-36)49(45)42-28-24-32(29-46(42)50)33-23-26-40-38-17-8-10-20-43(38)51(47(40)30-33)35-13-4-2-5-14-35/h2-31H,1H3. The van der Waals surface area contributed by atoms with Crippen molar-refractivity contribution >= 4 is 65.4 Å². The van der Waals surface area contributed by atoms with E-state index in [0.717, 1.165) is 0 Å². The minimum Gasteiger partial charge on any atom is -0.344 e. The van der Waals surface area contributed by atoms with E-state index in [4.69, 9.17) is 0 Å². The lowest BCUT2D eigenvalue weighted by Gasteiger charge is -2.10. The van der Waals surface area contributed by atoms with Crippen LogP contribution >= 0.6 is 0 Å². The predicted molar refractivity (Wildman–Crippen MR) is 220 cm³/mol. The van der Waals surface area contributed by atoms with Gasteiger partial charge in [-0.1, -0.05) is 121 Å². The van der Waals surface area contributed by atoms with Crippen LogP contribution in [0.3, 0.4) is 0 Å². The van der Waals surface area contributed by atoms with Crippen LogP contribution in [0.15, 0.2) is 182 Å². The molecule has 11 rings (SSSR count). The molecule has 0 saturated carbocycles. The van der Waals surface area contributed by atoms with Gasteiger partial charge >= 0.3 is 0 Å². The van der Waals surface area contributed by atoms with E-state index in [1.54, 1.807) is 0 Å². The number of nitrogens with zero attached hydrogens (tertiary/aromatic N) is 3. The number of aryl methyl sites for hydroxylation is 1. The molecule has 8 aromatic carbocycles. The summed E-state index contributed by atoms with van der Waals surface area (Å²) in [5, 5.41) is 7.62. The summed E-state index contributed by atoms with van der Waals surface area (Å²) in [4.78, 5) is 0. The molecule has 0 unspecified atom stereocenters. The van der Waals surface area contributed by atoms with Gasteiger partial charge in [-0.3, -0.25) is 0 Å². The Morgan fingerprint density at radius 2 is 0.750 bits per heavy atom. The molecule has 0 fully saturated rings. The SMILES string of the molecule is Cn1c2cc(-c3ccc4c5ccccc5n(-c5ccccc5)c4c3)ccc2c2c(-c3ccc4c5ccccc5n(-c5ccccc5)c4c3)cccc21. The Kier molecular flexibility index (Phi) is 6.17. The van der Waals surface area contributed by atoms with Crippen LogP contribution in [0, 0.1) is 0 Å². The fourth-order valence-electron chi connectivity index (χ4n) is 8.67. The monoisotopic (exact) mass is 663 g/mol. The maximum Gasteiger partial charge on any atom is 0.0547 e. The van der Waals surface area contributed by atoms with Gasteiger partial charge in [-0.25, -0.2) is 0 Å². The minimum atomic E-state index is 1.17. The highest BCUT2D eigenvalue weighted by molar-refractivity contribution is 6.17. The second kappa shape index (κ2) is 11.1. The first kappa shape index (κ1) is 28.9. The molecule has 0 bridgehead atoms. The third kappa shape index (κ3) is 4.14. The van der Waals surface area contributed by atoms with Crippen molar-refractivity contribution in [1.82, 2.24) is 13.7 Å². The van der Waals surface area contributed by atoms with Crippen molar-refractivity contribution in [2.75, 3.05) is 0 Å². The van der Waals surface area contributed by atoms with E-state index in [1.807, 2.05) is 0 Å². The fraction of sp³-hybridized carbons (Fsp3) is 0.0204. The molecule has 0 radical (unpaired) electrons. The quantitative estimate of drug-likeness (QED) is 0.178. The third-order valence-corrected chi connectivity index (χ3v) is 11.1. The molecule has 3 nitrogen and oxygen atoms in total. The van der Waals surface area contributed by atoms with Crippen molar-refractivity contribution < 1.29 is 0 Å². The molecule has 3 aromatic heterocycles. The summed E-state index contributed by atoms with van der Waals surface area (Å²) >= 11 is 0. The smallest absolute Gasteiger partial charge is 0.0547 e. The highest BCUT2D eigenvalue weighted by atomic mass is 15.0. The second-order valence-electron chi connectivity index (χ2n) is 13.8. The summed E-state index contributed by atoms with van der Waals surface area (Å²) in [5.74, 6) is 0. The molecule has 11 aromatic rings. The van der Waals surface area contributed by atoms with Gasteiger partial charge in [-0.05, 0) is 82.9 Å². The molecule has 0 amide bonds. The summed E-state index contributed by atoms with van der Waals surface area (Å²) in [6.07, 6.45) is 0. The normalized spacial score (nSPS) is 11.9. The highest BCUT2D eigenvalue weighted by Crippen LogP contribution is 2.41. The molecule has 3 heterocycles. The highest BCUT2D eigenvalue weighted by Gasteiger charge is 2.18. The lowest BCUT2D eigenvalue weighted by atomic mass is 9.97. The maximum absolute atomic E-state index is 2.40.